The Bertz CT molecular complexity index is 837. The lowest BCUT2D eigenvalue weighted by Gasteiger charge is -2.37. The van der Waals surface area contributed by atoms with Gasteiger partial charge in [0.15, 0.2) is 0 Å². The minimum absolute atomic E-state index is 0.133. The molecule has 5 nitrogen and oxygen atoms in total. The molecule has 5 heteroatoms. The standard InChI is InChI=1S/C23H31N3O2/c1-17(8-7-9-18(2)14-22(27)28-6)10-11-20-19(3)21(12-13-23(20,4)5)26-16-24-15-25-26/h7-11,14-16,21H,12-13H2,1-6H3/b9-7+,11-10+,17-8+,18-14+. The molecule has 0 saturated carbocycles. The van der Waals surface area contributed by atoms with E-state index >= 15 is 0 Å². The van der Waals surface area contributed by atoms with E-state index in [1.54, 1.807) is 12.7 Å². The van der Waals surface area contributed by atoms with Gasteiger partial charge in [0, 0.05) is 6.08 Å². The Kier molecular flexibility index (Phi) is 7.32. The monoisotopic (exact) mass is 381 g/mol. The van der Waals surface area contributed by atoms with Crippen molar-refractivity contribution in [3.8, 4) is 0 Å². The summed E-state index contributed by atoms with van der Waals surface area (Å²) in [5.41, 5.74) is 4.83. The number of rotatable bonds is 6. The molecule has 0 aromatic carbocycles. The van der Waals surface area contributed by atoms with Crippen molar-refractivity contribution in [2.24, 2.45) is 5.41 Å². The van der Waals surface area contributed by atoms with Gasteiger partial charge in [0.1, 0.15) is 12.7 Å². The Hall–Kier alpha value is -2.69. The van der Waals surface area contributed by atoms with E-state index in [0.717, 1.165) is 24.0 Å². The lowest BCUT2D eigenvalue weighted by Crippen LogP contribution is -2.26. The Labute approximate surface area is 168 Å². The Morgan fingerprint density at radius 3 is 2.68 bits per heavy atom. The maximum absolute atomic E-state index is 11.2. The number of nitrogens with zero attached hydrogens (tertiary/aromatic N) is 3. The zero-order valence-electron chi connectivity index (χ0n) is 17.8. The van der Waals surface area contributed by atoms with Crippen LogP contribution in [0, 0.1) is 5.41 Å². The number of esters is 1. The van der Waals surface area contributed by atoms with Crippen molar-refractivity contribution in [1.29, 1.82) is 0 Å². The van der Waals surface area contributed by atoms with Gasteiger partial charge in [0.05, 0.1) is 13.2 Å². The summed E-state index contributed by atoms with van der Waals surface area (Å²) in [4.78, 5) is 15.3. The SMILES string of the molecule is COC(=O)/C=C(C)/C=C/C=C(C)/C=C/C1=C(C)C(n2cncn2)CCC1(C)C. The molecule has 1 aromatic rings. The van der Waals surface area contributed by atoms with Crippen molar-refractivity contribution in [2.75, 3.05) is 7.11 Å². The molecule has 1 unspecified atom stereocenters. The van der Waals surface area contributed by atoms with Crippen molar-refractivity contribution in [2.45, 2.75) is 53.5 Å². The van der Waals surface area contributed by atoms with Crippen LogP contribution in [-0.4, -0.2) is 27.8 Å². The van der Waals surface area contributed by atoms with Gasteiger partial charge in [-0.25, -0.2) is 14.5 Å². The number of carbonyl (C=O) groups excluding carboxylic acids is 1. The van der Waals surface area contributed by atoms with E-state index in [0.29, 0.717) is 0 Å². The van der Waals surface area contributed by atoms with Gasteiger partial charge in [-0.2, -0.15) is 5.10 Å². The first-order valence-electron chi connectivity index (χ1n) is 9.59. The van der Waals surface area contributed by atoms with Crippen molar-refractivity contribution in [3.63, 3.8) is 0 Å². The molecule has 0 N–H and O–H groups in total. The first-order valence-corrected chi connectivity index (χ1v) is 9.59. The normalized spacial score (nSPS) is 21.0. The molecule has 1 atom stereocenters. The fourth-order valence-electron chi connectivity index (χ4n) is 3.54. The third kappa shape index (κ3) is 5.65. The van der Waals surface area contributed by atoms with E-state index in [9.17, 15) is 4.79 Å². The average Bonchev–Trinajstić information content (AvgIpc) is 3.15. The fourth-order valence-corrected chi connectivity index (χ4v) is 3.54. The van der Waals surface area contributed by atoms with Crippen LogP contribution in [-0.2, 0) is 9.53 Å². The van der Waals surface area contributed by atoms with E-state index in [2.05, 4.69) is 54.7 Å². The quantitative estimate of drug-likeness (QED) is 0.389. The molecule has 0 fully saturated rings. The highest BCUT2D eigenvalue weighted by Gasteiger charge is 2.32. The highest BCUT2D eigenvalue weighted by atomic mass is 16.5. The molecule has 0 bridgehead atoms. The second-order valence-electron chi connectivity index (χ2n) is 7.93. The van der Waals surface area contributed by atoms with Gasteiger partial charge < -0.3 is 4.74 Å². The zero-order valence-corrected chi connectivity index (χ0v) is 17.8. The average molecular weight is 382 g/mol. The van der Waals surface area contributed by atoms with Gasteiger partial charge in [-0.1, -0.05) is 49.8 Å². The first-order chi connectivity index (χ1) is 13.2. The zero-order chi connectivity index (χ0) is 20.7. The fraction of sp³-hybridized carbons (Fsp3) is 0.435. The third-order valence-electron chi connectivity index (χ3n) is 5.23. The lowest BCUT2D eigenvalue weighted by atomic mass is 9.71. The maximum atomic E-state index is 11.2. The van der Waals surface area contributed by atoms with Crippen LogP contribution in [0.2, 0.25) is 0 Å². The second-order valence-corrected chi connectivity index (χ2v) is 7.93. The van der Waals surface area contributed by atoms with Crippen LogP contribution in [0.1, 0.15) is 53.5 Å². The smallest absolute Gasteiger partial charge is 0.330 e. The van der Waals surface area contributed by atoms with E-state index in [4.69, 9.17) is 0 Å². The predicted molar refractivity (Wildman–Crippen MR) is 113 cm³/mol. The molecule has 2 rings (SSSR count). The second kappa shape index (κ2) is 9.49. The first kappa shape index (κ1) is 21.6. The number of hydrogen-bond acceptors (Lipinski definition) is 4. The highest BCUT2D eigenvalue weighted by molar-refractivity contribution is 5.83. The van der Waals surface area contributed by atoms with Crippen LogP contribution in [0.4, 0.5) is 0 Å². The van der Waals surface area contributed by atoms with Crippen LogP contribution in [0.5, 0.6) is 0 Å². The molecule has 0 aliphatic heterocycles. The van der Waals surface area contributed by atoms with Crippen LogP contribution >= 0.6 is 0 Å². The van der Waals surface area contributed by atoms with E-state index in [-0.39, 0.29) is 17.4 Å². The molecule has 1 aliphatic carbocycles. The highest BCUT2D eigenvalue weighted by Crippen LogP contribution is 2.45. The van der Waals surface area contributed by atoms with Crippen LogP contribution in [0.3, 0.4) is 0 Å². The Morgan fingerprint density at radius 2 is 2.04 bits per heavy atom. The summed E-state index contributed by atoms with van der Waals surface area (Å²) in [6, 6.07) is 0.269. The molecule has 28 heavy (non-hydrogen) atoms. The van der Waals surface area contributed by atoms with Gasteiger partial charge in [-0.3, -0.25) is 0 Å². The number of allylic oxidation sites excluding steroid dienone is 9. The van der Waals surface area contributed by atoms with Gasteiger partial charge in [-0.05, 0) is 55.7 Å². The van der Waals surface area contributed by atoms with E-state index < -0.39 is 0 Å². The summed E-state index contributed by atoms with van der Waals surface area (Å²) < 4.78 is 6.59. The molecule has 0 spiro atoms. The lowest BCUT2D eigenvalue weighted by molar-refractivity contribution is -0.134. The number of hydrogen-bond donors (Lipinski definition) is 0. The van der Waals surface area contributed by atoms with Crippen molar-refractivity contribution in [1.82, 2.24) is 14.8 Å². The Morgan fingerprint density at radius 1 is 1.29 bits per heavy atom. The van der Waals surface area contributed by atoms with E-state index in [1.807, 2.05) is 29.8 Å². The predicted octanol–water partition coefficient (Wildman–Crippen LogP) is 5.13. The summed E-state index contributed by atoms with van der Waals surface area (Å²) in [5.74, 6) is -0.341. The number of aromatic nitrogens is 3. The number of methoxy groups -OCH3 is 1. The minimum Gasteiger partial charge on any atom is -0.466 e. The summed E-state index contributed by atoms with van der Waals surface area (Å²) in [5, 5.41) is 4.34. The van der Waals surface area contributed by atoms with E-state index in [1.165, 1.54) is 24.3 Å². The number of carbonyl (C=O) groups is 1. The molecule has 150 valence electrons. The Balaban J connectivity index is 2.18. The van der Waals surface area contributed by atoms with Crippen LogP contribution < -0.4 is 0 Å². The topological polar surface area (TPSA) is 57.0 Å². The van der Waals surface area contributed by atoms with Crippen LogP contribution in [0.15, 0.2) is 71.4 Å². The molecule has 0 amide bonds. The van der Waals surface area contributed by atoms with Crippen molar-refractivity contribution in [3.05, 3.63) is 71.4 Å². The number of ether oxygens (including phenoxy) is 1. The van der Waals surface area contributed by atoms with Crippen molar-refractivity contribution >= 4 is 5.97 Å². The van der Waals surface area contributed by atoms with Gasteiger partial charge in [0.25, 0.3) is 0 Å². The van der Waals surface area contributed by atoms with Crippen LogP contribution in [0.25, 0.3) is 0 Å². The maximum Gasteiger partial charge on any atom is 0.330 e. The summed E-state index contributed by atoms with van der Waals surface area (Å²) in [7, 11) is 1.38. The molecule has 1 aliphatic rings. The summed E-state index contributed by atoms with van der Waals surface area (Å²) >= 11 is 0. The molecule has 1 aromatic heterocycles. The van der Waals surface area contributed by atoms with Crippen molar-refractivity contribution < 1.29 is 9.53 Å². The minimum atomic E-state index is -0.341. The molecular weight excluding hydrogens is 350 g/mol. The third-order valence-corrected chi connectivity index (χ3v) is 5.23. The molecular formula is C23H31N3O2. The molecule has 0 saturated heterocycles. The van der Waals surface area contributed by atoms with Gasteiger partial charge in [0.2, 0.25) is 0 Å². The molecule has 1 heterocycles. The van der Waals surface area contributed by atoms with Gasteiger partial charge in [-0.15, -0.1) is 0 Å². The largest absolute Gasteiger partial charge is 0.466 e. The van der Waals surface area contributed by atoms with Gasteiger partial charge >= 0.3 is 5.97 Å². The summed E-state index contributed by atoms with van der Waals surface area (Å²) in [6.45, 7) is 10.7. The molecule has 0 radical (unpaired) electrons. The summed E-state index contributed by atoms with van der Waals surface area (Å²) in [6.07, 6.45) is 17.3.